The molecule has 7 rings (SSSR count). The Bertz CT molecular complexity index is 2330. The minimum absolute atomic E-state index is 0.113. The summed E-state index contributed by atoms with van der Waals surface area (Å²) in [7, 11) is 3.19. The fraction of sp³-hybridized carbons (Fsp3) is 0.105. The van der Waals surface area contributed by atoms with Gasteiger partial charge in [-0.2, -0.15) is 20.1 Å². The fourth-order valence-electron chi connectivity index (χ4n) is 5.87. The Morgan fingerprint density at radius 2 is 1.22 bits per heavy atom. The van der Waals surface area contributed by atoms with Crippen LogP contribution in [-0.4, -0.2) is 44.7 Å². The molecule has 276 valence electrons. The van der Waals surface area contributed by atoms with Crippen molar-refractivity contribution in [2.45, 2.75) is 12.5 Å². The van der Waals surface area contributed by atoms with Crippen LogP contribution in [0, 0.1) is 20.2 Å². The number of hydrazone groups is 1. The maximum Gasteiger partial charge on any atom is 0.301 e. The molecule has 6 aromatic rings. The second-order valence-electron chi connectivity index (χ2n) is 12.1. The first-order chi connectivity index (χ1) is 26.6. The van der Waals surface area contributed by atoms with E-state index in [1.165, 1.54) is 17.1 Å². The molecule has 0 aliphatic carbocycles. The summed E-state index contributed by atoms with van der Waals surface area (Å²) in [5.74, 6) is 2.23. The smallest absolute Gasteiger partial charge is 0.301 e. The number of nitro groups is 2. The van der Waals surface area contributed by atoms with Crippen LogP contribution in [0.1, 0.15) is 23.6 Å². The number of nitro benzene ring substituents is 2. The molecule has 16 nitrogen and oxygen atoms in total. The van der Waals surface area contributed by atoms with Crippen molar-refractivity contribution in [2.75, 3.05) is 35.2 Å². The second-order valence-corrected chi connectivity index (χ2v) is 12.5. The first-order valence-corrected chi connectivity index (χ1v) is 17.0. The lowest BCUT2D eigenvalue weighted by Crippen LogP contribution is -2.19. The molecule has 3 N–H and O–H groups in total. The molecule has 0 saturated heterocycles. The van der Waals surface area contributed by atoms with E-state index in [4.69, 9.17) is 26.2 Å². The van der Waals surface area contributed by atoms with Gasteiger partial charge in [0.25, 0.3) is 5.69 Å². The third kappa shape index (κ3) is 8.34. The van der Waals surface area contributed by atoms with E-state index < -0.39 is 27.3 Å². The van der Waals surface area contributed by atoms with E-state index in [-0.39, 0.29) is 23.5 Å². The number of halogens is 1. The Labute approximate surface area is 318 Å². The quantitative estimate of drug-likeness (QED) is 0.0746. The predicted molar refractivity (Wildman–Crippen MR) is 210 cm³/mol. The van der Waals surface area contributed by atoms with Crippen molar-refractivity contribution in [2.24, 2.45) is 5.10 Å². The summed E-state index contributed by atoms with van der Waals surface area (Å²) in [6.07, 6.45) is 0.371. The monoisotopic (exact) mass is 758 g/mol. The molecule has 2 heterocycles. The van der Waals surface area contributed by atoms with Gasteiger partial charge < -0.3 is 25.4 Å². The standard InChI is InChI=1S/C38H31ClN10O6/c1-54-30-15-10-27(11-16-30)41-37-43-36(44-38(45-37)42-28-12-17-31(55-2)18-13-28)40-26-8-6-23(7-9-26)32-22-34(24-4-3-5-25(39)20-24)47(46-32)33-19-14-29(48(50)51)21-35(33)49(52)53/h3-21,34H,22H2,1-2H3,(H3,40,41,42,43,44,45). The summed E-state index contributed by atoms with van der Waals surface area (Å²) >= 11 is 6.34. The lowest BCUT2D eigenvalue weighted by molar-refractivity contribution is -0.393. The van der Waals surface area contributed by atoms with Crippen molar-refractivity contribution < 1.29 is 19.3 Å². The van der Waals surface area contributed by atoms with E-state index in [1.807, 2.05) is 78.9 Å². The van der Waals surface area contributed by atoms with Crippen molar-refractivity contribution in [1.82, 2.24) is 15.0 Å². The maximum absolute atomic E-state index is 12.1. The molecule has 55 heavy (non-hydrogen) atoms. The van der Waals surface area contributed by atoms with Gasteiger partial charge in [-0.1, -0.05) is 35.9 Å². The number of hydrogen-bond acceptors (Lipinski definition) is 14. The summed E-state index contributed by atoms with van der Waals surface area (Å²) in [6.45, 7) is 0. The van der Waals surface area contributed by atoms with Gasteiger partial charge in [-0.05, 0) is 90.0 Å². The number of benzene rings is 5. The summed E-state index contributed by atoms with van der Waals surface area (Å²) < 4.78 is 10.5. The van der Waals surface area contributed by atoms with Crippen LogP contribution in [0.5, 0.6) is 11.5 Å². The molecule has 0 bridgehead atoms. The lowest BCUT2D eigenvalue weighted by Gasteiger charge is -2.23. The van der Waals surface area contributed by atoms with Gasteiger partial charge in [-0.3, -0.25) is 25.2 Å². The average molecular weight is 759 g/mol. The van der Waals surface area contributed by atoms with Crippen molar-refractivity contribution in [3.8, 4) is 11.5 Å². The van der Waals surface area contributed by atoms with Crippen LogP contribution in [0.2, 0.25) is 5.02 Å². The summed E-state index contributed by atoms with van der Waals surface area (Å²) in [4.78, 5) is 36.0. The Balaban J connectivity index is 1.17. The minimum atomic E-state index is -0.674. The highest BCUT2D eigenvalue weighted by Gasteiger charge is 2.35. The molecular formula is C38H31ClN10O6. The molecule has 1 aromatic heterocycles. The lowest BCUT2D eigenvalue weighted by atomic mass is 9.98. The maximum atomic E-state index is 12.1. The summed E-state index contributed by atoms with van der Waals surface area (Å²) in [6, 6.07) is 32.2. The number of anilines is 7. The zero-order valence-electron chi connectivity index (χ0n) is 29.2. The highest BCUT2D eigenvalue weighted by molar-refractivity contribution is 6.30. The van der Waals surface area contributed by atoms with Gasteiger partial charge >= 0.3 is 5.69 Å². The number of methoxy groups -OCH3 is 2. The number of hydrogen-bond donors (Lipinski definition) is 3. The molecule has 0 fully saturated rings. The topological polar surface area (TPSA) is 195 Å². The van der Waals surface area contributed by atoms with Crippen LogP contribution < -0.4 is 30.4 Å². The van der Waals surface area contributed by atoms with Gasteiger partial charge in [0.1, 0.15) is 17.2 Å². The second kappa shape index (κ2) is 15.7. The van der Waals surface area contributed by atoms with Crippen LogP contribution in [0.15, 0.2) is 120 Å². The molecule has 0 spiro atoms. The first-order valence-electron chi connectivity index (χ1n) is 16.7. The van der Waals surface area contributed by atoms with Gasteiger partial charge in [-0.25, -0.2) is 0 Å². The van der Waals surface area contributed by atoms with Crippen LogP contribution in [0.3, 0.4) is 0 Å². The van der Waals surface area contributed by atoms with Crippen LogP contribution in [0.25, 0.3) is 0 Å². The Hall–Kier alpha value is -7.33. The average Bonchev–Trinajstić information content (AvgIpc) is 3.64. The van der Waals surface area contributed by atoms with E-state index >= 15 is 0 Å². The van der Waals surface area contributed by atoms with Crippen LogP contribution in [-0.2, 0) is 0 Å². The largest absolute Gasteiger partial charge is 0.497 e. The minimum Gasteiger partial charge on any atom is -0.497 e. The van der Waals surface area contributed by atoms with Crippen molar-refractivity contribution in [3.63, 3.8) is 0 Å². The molecule has 17 heteroatoms. The Kier molecular flexibility index (Phi) is 10.3. The van der Waals surface area contributed by atoms with Gasteiger partial charge in [0.05, 0.1) is 41.9 Å². The van der Waals surface area contributed by atoms with Crippen molar-refractivity contribution in [3.05, 3.63) is 152 Å². The van der Waals surface area contributed by atoms with Gasteiger partial charge in [0.15, 0.2) is 0 Å². The predicted octanol–water partition coefficient (Wildman–Crippen LogP) is 8.95. The number of nitrogens with one attached hydrogen (secondary N) is 3. The Morgan fingerprint density at radius 1 is 0.691 bits per heavy atom. The Morgan fingerprint density at radius 3 is 1.69 bits per heavy atom. The highest BCUT2D eigenvalue weighted by Crippen LogP contribution is 2.42. The number of ether oxygens (including phenoxy) is 2. The molecule has 0 amide bonds. The van der Waals surface area contributed by atoms with Crippen molar-refractivity contribution >= 4 is 69.3 Å². The van der Waals surface area contributed by atoms with E-state index in [0.717, 1.165) is 28.6 Å². The molecule has 1 atom stereocenters. The number of rotatable bonds is 13. The number of non-ortho nitro benzene ring substituents is 1. The van der Waals surface area contributed by atoms with E-state index in [0.29, 0.717) is 34.3 Å². The fourth-order valence-corrected chi connectivity index (χ4v) is 6.07. The summed E-state index contributed by atoms with van der Waals surface area (Å²) in [5, 5.41) is 40.0. The molecule has 1 unspecified atom stereocenters. The van der Waals surface area contributed by atoms with E-state index in [1.54, 1.807) is 32.4 Å². The molecule has 1 aliphatic rings. The third-order valence-electron chi connectivity index (χ3n) is 8.56. The van der Waals surface area contributed by atoms with E-state index in [9.17, 15) is 20.2 Å². The third-order valence-corrected chi connectivity index (χ3v) is 8.79. The molecule has 0 radical (unpaired) electrons. The van der Waals surface area contributed by atoms with Crippen LogP contribution >= 0.6 is 11.6 Å². The SMILES string of the molecule is COc1ccc(Nc2nc(Nc3ccc(OC)cc3)nc(Nc3ccc(C4=NN(c5ccc([N+](=O)[O-])cc5[N+](=O)[O-])C(c5cccc(Cl)c5)C4)cc3)n2)cc1. The summed E-state index contributed by atoms with van der Waals surface area (Å²) in [5.41, 5.74) is 3.57. The van der Waals surface area contributed by atoms with Gasteiger partial charge in [-0.15, -0.1) is 0 Å². The normalized spacial score (nSPS) is 13.5. The number of aromatic nitrogens is 3. The molecule has 0 saturated carbocycles. The van der Waals surface area contributed by atoms with Gasteiger partial charge in [0.2, 0.25) is 17.8 Å². The van der Waals surface area contributed by atoms with Gasteiger partial charge in [0, 0.05) is 34.6 Å². The van der Waals surface area contributed by atoms with Crippen LogP contribution in [0.4, 0.5) is 52.0 Å². The zero-order valence-corrected chi connectivity index (χ0v) is 30.0. The van der Waals surface area contributed by atoms with Crippen molar-refractivity contribution in [1.29, 1.82) is 0 Å². The highest BCUT2D eigenvalue weighted by atomic mass is 35.5. The zero-order chi connectivity index (χ0) is 38.5. The molecule has 5 aromatic carbocycles. The first kappa shape index (κ1) is 36.0. The molecular weight excluding hydrogens is 728 g/mol. The molecule has 1 aliphatic heterocycles. The van der Waals surface area contributed by atoms with E-state index in [2.05, 4.69) is 30.9 Å². The number of nitrogens with zero attached hydrogens (tertiary/aromatic N) is 7.